The number of benzene rings is 12. The molecule has 12 nitrogen and oxygen atoms in total. The molecule has 4 heterocycles. The molecule has 0 amide bonds. The number of hydrogen-bond donors (Lipinski definition) is 0. The molecule has 16 rings (SSSR count). The van der Waals surface area contributed by atoms with Crippen LogP contribution in [0.25, 0.3) is 0 Å². The Hall–Kier alpha value is -11.7. The lowest BCUT2D eigenvalue weighted by Crippen LogP contribution is -2.46. The maximum Gasteiger partial charge on any atom is 0.416 e. The van der Waals surface area contributed by atoms with Crippen LogP contribution in [0.1, 0.15) is 83.5 Å². The first-order valence-corrected chi connectivity index (χ1v) is 42.3. The van der Waals surface area contributed by atoms with Gasteiger partial charge in [0.25, 0.3) is 0 Å². The summed E-state index contributed by atoms with van der Waals surface area (Å²) in [6, 6.07) is 105. The van der Waals surface area contributed by atoms with Crippen LogP contribution in [0.4, 0.5) is 57.9 Å². The van der Waals surface area contributed by atoms with Crippen molar-refractivity contribution in [3.05, 3.63) is 385 Å². The van der Waals surface area contributed by atoms with E-state index in [0.717, 1.165) is 203 Å². The molecular weight excluding hydrogens is 1550 g/mol. The normalized spacial score (nSPS) is 15.9. The molecular formula is C102H108F8N8O4. The number of hydrogen-bond acceptors (Lipinski definition) is 12. The number of piperazine rings is 4. The van der Waals surface area contributed by atoms with Crippen LogP contribution in [0.5, 0.6) is 23.0 Å². The molecule has 122 heavy (non-hydrogen) atoms. The molecule has 4 aliphatic heterocycles. The van der Waals surface area contributed by atoms with E-state index in [4.69, 9.17) is 18.9 Å². The van der Waals surface area contributed by atoms with Crippen LogP contribution < -0.4 is 38.5 Å². The highest BCUT2D eigenvalue weighted by Gasteiger charge is 2.33. The minimum Gasteiger partial charge on any atom is -0.486 e. The van der Waals surface area contributed by atoms with Gasteiger partial charge in [0, 0.05) is 179 Å². The van der Waals surface area contributed by atoms with Gasteiger partial charge in [-0.2, -0.15) is 26.3 Å². The van der Waals surface area contributed by atoms with E-state index in [1.165, 1.54) is 71.3 Å². The van der Waals surface area contributed by atoms with Crippen molar-refractivity contribution in [2.75, 3.05) is 150 Å². The van der Waals surface area contributed by atoms with Crippen molar-refractivity contribution in [3.63, 3.8) is 0 Å². The first kappa shape index (κ1) is 88.1. The third-order valence-corrected chi connectivity index (χ3v) is 22.6. The first-order valence-electron chi connectivity index (χ1n) is 42.3. The van der Waals surface area contributed by atoms with E-state index < -0.39 is 23.5 Å². The molecule has 0 N–H and O–H groups in total. The maximum atomic E-state index is 13.2. The minimum atomic E-state index is -4.35. The van der Waals surface area contributed by atoms with Gasteiger partial charge in [-0.3, -0.25) is 19.6 Å². The Morgan fingerprint density at radius 1 is 0.213 bits per heavy atom. The number of alkyl halides is 6. The molecule has 0 bridgehead atoms. The summed E-state index contributed by atoms with van der Waals surface area (Å²) in [6.07, 6.45) is -5.92. The van der Waals surface area contributed by atoms with Crippen molar-refractivity contribution in [1.82, 2.24) is 19.6 Å². The molecule has 0 aliphatic carbocycles. The van der Waals surface area contributed by atoms with Crippen LogP contribution in [0.2, 0.25) is 0 Å². The summed E-state index contributed by atoms with van der Waals surface area (Å²) in [7, 11) is 0. The van der Waals surface area contributed by atoms with Crippen molar-refractivity contribution >= 4 is 22.7 Å². The monoisotopic (exact) mass is 1660 g/mol. The van der Waals surface area contributed by atoms with Crippen molar-refractivity contribution in [2.45, 2.75) is 62.5 Å². The zero-order valence-corrected chi connectivity index (χ0v) is 68.8. The van der Waals surface area contributed by atoms with Gasteiger partial charge in [0.05, 0.1) is 11.1 Å². The molecule has 12 aromatic rings. The van der Waals surface area contributed by atoms with E-state index in [2.05, 4.69) is 173 Å². The third kappa shape index (κ3) is 27.7. The van der Waals surface area contributed by atoms with Gasteiger partial charge in [-0.05, 0) is 168 Å². The van der Waals surface area contributed by atoms with E-state index >= 15 is 0 Å². The second kappa shape index (κ2) is 45.3. The third-order valence-electron chi connectivity index (χ3n) is 22.6. The van der Waals surface area contributed by atoms with Crippen molar-refractivity contribution < 1.29 is 54.1 Å². The Balaban J connectivity index is 0.000000140. The molecule has 0 aromatic heterocycles. The summed E-state index contributed by atoms with van der Waals surface area (Å²) in [5.41, 5.74) is 8.11. The molecule has 0 saturated carbocycles. The van der Waals surface area contributed by atoms with Gasteiger partial charge in [-0.25, -0.2) is 8.78 Å². The Morgan fingerprint density at radius 2 is 0.385 bits per heavy atom. The molecule has 4 aliphatic rings. The van der Waals surface area contributed by atoms with Crippen LogP contribution in [0, 0.1) is 11.6 Å². The molecule has 4 atom stereocenters. The maximum absolute atomic E-state index is 13.2. The van der Waals surface area contributed by atoms with E-state index in [1.54, 1.807) is 24.3 Å². The molecule has 4 fully saturated rings. The highest BCUT2D eigenvalue weighted by molar-refractivity contribution is 5.50. The van der Waals surface area contributed by atoms with Crippen LogP contribution >= 0.6 is 0 Å². The predicted octanol–water partition coefficient (Wildman–Crippen LogP) is 22.4. The number of nitrogens with zero attached hydrogens (tertiary/aromatic N) is 8. The van der Waals surface area contributed by atoms with Gasteiger partial charge >= 0.3 is 12.4 Å². The largest absolute Gasteiger partial charge is 0.486 e. The lowest BCUT2D eigenvalue weighted by molar-refractivity contribution is -0.138. The van der Waals surface area contributed by atoms with E-state index in [-0.39, 0.29) is 36.1 Å². The average Bonchev–Trinajstić information content (AvgIpc) is 0.849. The lowest BCUT2D eigenvalue weighted by atomic mass is 10.1. The van der Waals surface area contributed by atoms with Crippen LogP contribution in [0.3, 0.4) is 0 Å². The van der Waals surface area contributed by atoms with Gasteiger partial charge in [0.1, 0.15) is 59.0 Å². The standard InChI is InChI=1S/2C26H27F3N2O.2C25H27FN2O/c2*27-26(28,29)22-11-13-24(14-12-22)32-25(21-7-3-1-4-8-21)15-16-30-17-19-31(20-18-30)23-9-5-2-6-10-23;2*26-22-11-13-24(14-12-22)29-25(21-7-3-1-4-8-21)15-16-27-17-19-28(20-18-27)23-9-5-2-6-10-23/h2*1-14,25H,15-20H2;2*1-14,25H,15-20H2. The van der Waals surface area contributed by atoms with E-state index in [9.17, 15) is 35.1 Å². The molecule has 12 aromatic carbocycles. The zero-order chi connectivity index (χ0) is 84.6. The highest BCUT2D eigenvalue weighted by Crippen LogP contribution is 2.36. The summed E-state index contributed by atoms with van der Waals surface area (Å²) < 4.78 is 128. The number of para-hydroxylation sites is 4. The van der Waals surface area contributed by atoms with E-state index in [1.807, 2.05) is 109 Å². The van der Waals surface area contributed by atoms with Gasteiger partial charge in [-0.15, -0.1) is 0 Å². The van der Waals surface area contributed by atoms with Gasteiger partial charge in [-0.1, -0.05) is 194 Å². The predicted molar refractivity (Wildman–Crippen MR) is 474 cm³/mol. The molecule has 0 radical (unpaired) electrons. The highest BCUT2D eigenvalue weighted by atomic mass is 19.4. The molecule has 0 spiro atoms. The van der Waals surface area contributed by atoms with Gasteiger partial charge in [0.2, 0.25) is 0 Å². The fourth-order valence-electron chi connectivity index (χ4n) is 15.6. The summed E-state index contributed by atoms with van der Waals surface area (Å²) in [6.45, 7) is 19.8. The fraction of sp³-hybridized carbons (Fsp3) is 0.294. The summed E-state index contributed by atoms with van der Waals surface area (Å²) in [5, 5.41) is 0. The zero-order valence-electron chi connectivity index (χ0n) is 68.8. The lowest BCUT2D eigenvalue weighted by Gasteiger charge is -2.36. The molecule has 4 unspecified atom stereocenters. The second-order valence-corrected chi connectivity index (χ2v) is 30.8. The Labute approximate surface area is 713 Å². The van der Waals surface area contributed by atoms with Crippen LogP contribution in [0.15, 0.2) is 340 Å². The van der Waals surface area contributed by atoms with E-state index in [0.29, 0.717) is 23.0 Å². The SMILES string of the molecule is FC(F)(F)c1ccc(OC(CCN2CCN(c3ccccc3)CC2)c2ccccc2)cc1.FC(F)(F)c1ccc(OC(CCN2CCN(c3ccccc3)CC2)c2ccccc2)cc1.Fc1ccc(OC(CCN2CCN(c3ccccc3)CC2)c2ccccc2)cc1.Fc1ccc(OC(CCN2CCN(c3ccccc3)CC2)c2ccccc2)cc1. The molecule has 20 heteroatoms. The second-order valence-electron chi connectivity index (χ2n) is 30.8. The quantitative estimate of drug-likeness (QED) is 0.0439. The number of halogens is 8. The van der Waals surface area contributed by atoms with Gasteiger partial charge in [0.15, 0.2) is 0 Å². The summed E-state index contributed by atoms with van der Waals surface area (Å²) >= 11 is 0. The molecule has 636 valence electrons. The summed E-state index contributed by atoms with van der Waals surface area (Å²) in [5.74, 6) is 1.81. The number of rotatable bonds is 28. The fourth-order valence-corrected chi connectivity index (χ4v) is 15.6. The molecule has 4 saturated heterocycles. The number of ether oxygens (including phenoxy) is 4. The van der Waals surface area contributed by atoms with Crippen molar-refractivity contribution in [3.8, 4) is 23.0 Å². The smallest absolute Gasteiger partial charge is 0.416 e. The number of anilines is 4. The van der Waals surface area contributed by atoms with Crippen molar-refractivity contribution in [1.29, 1.82) is 0 Å². The Kier molecular flexibility index (Phi) is 32.7. The Morgan fingerprint density at radius 3 is 0.566 bits per heavy atom. The topological polar surface area (TPSA) is 62.8 Å². The average molecular weight is 1660 g/mol. The summed E-state index contributed by atoms with van der Waals surface area (Å²) in [4.78, 5) is 19.5. The van der Waals surface area contributed by atoms with Crippen molar-refractivity contribution in [2.24, 2.45) is 0 Å². The first-order chi connectivity index (χ1) is 59.5. The van der Waals surface area contributed by atoms with Crippen LogP contribution in [-0.2, 0) is 12.4 Å². The van der Waals surface area contributed by atoms with Crippen LogP contribution in [-0.4, -0.2) is 150 Å². The Bertz CT molecular complexity index is 4570. The van der Waals surface area contributed by atoms with Gasteiger partial charge < -0.3 is 38.5 Å². The minimum absolute atomic E-state index is 0.0474.